The lowest BCUT2D eigenvalue weighted by Gasteiger charge is -2.41. The fourth-order valence-electron chi connectivity index (χ4n) is 5.51. The molecule has 2 aromatic heterocycles. The number of H-pyrrole nitrogens is 1. The number of piperidine rings is 1. The molecule has 2 fully saturated rings. The Morgan fingerprint density at radius 1 is 1.21 bits per heavy atom. The highest BCUT2D eigenvalue weighted by molar-refractivity contribution is 7.99. The van der Waals surface area contributed by atoms with Crippen LogP contribution in [0.4, 0.5) is 5.82 Å². The van der Waals surface area contributed by atoms with E-state index < -0.39 is 0 Å². The molecule has 2 aliphatic rings. The van der Waals surface area contributed by atoms with Crippen molar-refractivity contribution in [2.24, 2.45) is 11.1 Å². The number of nitrogens with zero attached hydrogens (tertiary/aromatic N) is 4. The maximum absolute atomic E-state index is 6.80. The first-order chi connectivity index (χ1) is 18.4. The van der Waals surface area contributed by atoms with Crippen molar-refractivity contribution in [1.29, 1.82) is 0 Å². The zero-order valence-corrected chi connectivity index (χ0v) is 23.1. The van der Waals surface area contributed by atoms with E-state index in [9.17, 15) is 0 Å². The van der Waals surface area contributed by atoms with Crippen LogP contribution in [-0.2, 0) is 11.2 Å². The van der Waals surface area contributed by atoms with Gasteiger partial charge < -0.3 is 25.1 Å². The van der Waals surface area contributed by atoms with E-state index in [1.54, 1.807) is 7.11 Å². The Bertz CT molecular complexity index is 1440. The molecule has 2 aliphatic heterocycles. The number of aromatic amines is 1. The van der Waals surface area contributed by atoms with Gasteiger partial charge in [-0.15, -0.1) is 0 Å². The number of hydrogen-bond acceptors (Lipinski definition) is 8. The lowest BCUT2D eigenvalue weighted by atomic mass is 9.73. The summed E-state index contributed by atoms with van der Waals surface area (Å²) in [7, 11) is 1.67. The Kier molecular flexibility index (Phi) is 6.94. The fourth-order valence-corrected chi connectivity index (χ4v) is 6.59. The van der Waals surface area contributed by atoms with E-state index in [4.69, 9.17) is 36.8 Å². The van der Waals surface area contributed by atoms with E-state index in [1.807, 2.05) is 42.7 Å². The van der Waals surface area contributed by atoms with Crippen molar-refractivity contribution in [3.8, 4) is 5.75 Å². The van der Waals surface area contributed by atoms with Crippen LogP contribution < -0.4 is 15.4 Å². The van der Waals surface area contributed by atoms with Gasteiger partial charge in [0.25, 0.3) is 0 Å². The van der Waals surface area contributed by atoms with Crippen molar-refractivity contribution in [2.75, 3.05) is 31.7 Å². The van der Waals surface area contributed by atoms with Crippen molar-refractivity contribution in [3.63, 3.8) is 0 Å². The fraction of sp³-hybridized carbons (Fsp3) is 0.393. The number of nitrogens with one attached hydrogen (secondary N) is 1. The molecule has 3 N–H and O–H groups in total. The van der Waals surface area contributed by atoms with Crippen molar-refractivity contribution >= 4 is 40.2 Å². The predicted octanol–water partition coefficient (Wildman–Crippen LogP) is 5.09. The van der Waals surface area contributed by atoms with Gasteiger partial charge in [0, 0.05) is 35.9 Å². The number of aromatic nitrogens is 4. The van der Waals surface area contributed by atoms with Crippen LogP contribution in [0.2, 0.25) is 5.02 Å². The van der Waals surface area contributed by atoms with Crippen LogP contribution in [0, 0.1) is 5.41 Å². The van der Waals surface area contributed by atoms with Gasteiger partial charge in [0.1, 0.15) is 22.4 Å². The Morgan fingerprint density at radius 2 is 2.05 bits per heavy atom. The zero-order valence-electron chi connectivity index (χ0n) is 21.5. The number of anilines is 1. The average Bonchev–Trinajstić information content (AvgIpc) is 3.48. The molecule has 2 aromatic carbocycles. The first kappa shape index (κ1) is 25.4. The van der Waals surface area contributed by atoms with Gasteiger partial charge >= 0.3 is 0 Å². The smallest absolute Gasteiger partial charge is 0.147 e. The summed E-state index contributed by atoms with van der Waals surface area (Å²) in [5.41, 5.74) is 9.33. The number of rotatable bonds is 6. The minimum Gasteiger partial charge on any atom is -0.497 e. The topological polar surface area (TPSA) is 102 Å². The Morgan fingerprint density at radius 3 is 2.76 bits per heavy atom. The van der Waals surface area contributed by atoms with Gasteiger partial charge in [0.05, 0.1) is 48.3 Å². The molecule has 0 bridgehead atoms. The van der Waals surface area contributed by atoms with Gasteiger partial charge in [-0.3, -0.25) is 0 Å². The summed E-state index contributed by atoms with van der Waals surface area (Å²) >= 11 is 8.30. The monoisotopic (exact) mass is 550 g/mol. The van der Waals surface area contributed by atoms with Crippen molar-refractivity contribution in [3.05, 3.63) is 65.2 Å². The lowest BCUT2D eigenvalue weighted by Crippen LogP contribution is -2.50. The van der Waals surface area contributed by atoms with Gasteiger partial charge in [-0.05, 0) is 49.6 Å². The summed E-state index contributed by atoms with van der Waals surface area (Å²) in [6.07, 6.45) is 6.48. The number of halogens is 1. The summed E-state index contributed by atoms with van der Waals surface area (Å²) in [6, 6.07) is 12.1. The maximum atomic E-state index is 6.80. The highest BCUT2D eigenvalue weighted by Gasteiger charge is 2.47. The normalized spacial score (nSPS) is 20.9. The molecule has 10 heteroatoms. The number of imidazole rings is 1. The molecular weight excluding hydrogens is 520 g/mol. The summed E-state index contributed by atoms with van der Waals surface area (Å²) in [4.78, 5) is 20.7. The Balaban J connectivity index is 1.13. The molecular formula is C28H31ClN6O2S. The van der Waals surface area contributed by atoms with Crippen LogP contribution >= 0.6 is 23.4 Å². The molecule has 0 amide bonds. The minimum absolute atomic E-state index is 0.0923. The largest absolute Gasteiger partial charge is 0.497 e. The molecule has 8 nitrogen and oxygen atoms in total. The van der Waals surface area contributed by atoms with E-state index >= 15 is 0 Å². The van der Waals surface area contributed by atoms with Crippen molar-refractivity contribution in [1.82, 2.24) is 19.9 Å². The first-order valence-corrected chi connectivity index (χ1v) is 14.1. The molecule has 6 rings (SSSR count). The van der Waals surface area contributed by atoms with Gasteiger partial charge in [-0.2, -0.15) is 0 Å². The van der Waals surface area contributed by atoms with Crippen molar-refractivity contribution < 1.29 is 9.47 Å². The number of benzene rings is 2. The van der Waals surface area contributed by atoms with E-state index in [2.05, 4.69) is 27.9 Å². The molecule has 0 aliphatic carbocycles. The van der Waals surface area contributed by atoms with E-state index in [-0.39, 0.29) is 17.6 Å². The maximum Gasteiger partial charge on any atom is 0.147 e. The lowest BCUT2D eigenvalue weighted by molar-refractivity contribution is 0.0974. The second-order valence-electron chi connectivity index (χ2n) is 10.2. The molecule has 38 heavy (non-hydrogen) atoms. The number of fused-ring (bicyclic) bond motifs is 1. The third-order valence-electron chi connectivity index (χ3n) is 7.87. The summed E-state index contributed by atoms with van der Waals surface area (Å²) < 4.78 is 11.2. The van der Waals surface area contributed by atoms with Gasteiger partial charge in [0.15, 0.2) is 0 Å². The number of hydrogen-bond donors (Lipinski definition) is 2. The summed E-state index contributed by atoms with van der Waals surface area (Å²) in [5.74, 6) is 2.57. The minimum atomic E-state index is 0.0923. The highest BCUT2D eigenvalue weighted by atomic mass is 35.5. The van der Waals surface area contributed by atoms with Crippen LogP contribution in [0.1, 0.15) is 31.2 Å². The molecule has 198 valence electrons. The predicted molar refractivity (Wildman–Crippen MR) is 150 cm³/mol. The molecule has 0 radical (unpaired) electrons. The number of methoxy groups -OCH3 is 1. The van der Waals surface area contributed by atoms with Crippen LogP contribution in [0.15, 0.2) is 58.7 Å². The van der Waals surface area contributed by atoms with E-state index in [1.165, 1.54) is 11.8 Å². The number of ether oxygens (including phenoxy) is 2. The second-order valence-corrected chi connectivity index (χ2v) is 11.6. The van der Waals surface area contributed by atoms with Crippen LogP contribution in [0.3, 0.4) is 0 Å². The molecule has 2 saturated heterocycles. The zero-order chi connectivity index (χ0) is 26.3. The van der Waals surface area contributed by atoms with Crippen molar-refractivity contribution in [2.45, 2.75) is 48.3 Å². The Hall–Kier alpha value is -2.85. The molecule has 0 saturated carbocycles. The molecule has 2 atom stereocenters. The molecule has 4 aromatic rings. The van der Waals surface area contributed by atoms with Crippen LogP contribution in [0.25, 0.3) is 11.0 Å². The summed E-state index contributed by atoms with van der Waals surface area (Å²) in [5, 5.41) is 1.42. The van der Waals surface area contributed by atoms with E-state index in [0.29, 0.717) is 11.4 Å². The van der Waals surface area contributed by atoms with E-state index in [0.717, 1.165) is 76.4 Å². The summed E-state index contributed by atoms with van der Waals surface area (Å²) in [6.45, 7) is 4.65. The first-order valence-electron chi connectivity index (χ1n) is 12.9. The third-order valence-corrected chi connectivity index (χ3v) is 9.36. The quantitative estimate of drug-likeness (QED) is 0.342. The highest BCUT2D eigenvalue weighted by Crippen LogP contribution is 2.42. The SMILES string of the molecule is COc1cccc(Cc2nc3ccc(Sc4cnc(N5CCC6(CC5)CO[C@@H](C)[C@H]6N)cn4)c(Cl)c3[nH]2)c1. The van der Waals surface area contributed by atoms with Gasteiger partial charge in [-0.1, -0.05) is 35.5 Å². The van der Waals surface area contributed by atoms with Gasteiger partial charge in [0.2, 0.25) is 0 Å². The molecule has 0 unspecified atom stereocenters. The Labute approximate surface area is 231 Å². The number of nitrogens with two attached hydrogens (primary N) is 1. The standard InChI is InChI=1S/C28H31ClN6O2S/c1-17-27(30)28(16-37-17)8-10-35(11-9-28)23-14-32-24(15-31-23)38-21-7-6-20-26(25(21)29)34-22(33-20)13-18-4-3-5-19(12-18)36-2/h3-7,12,14-15,17,27H,8-11,13,16,30H2,1-2H3,(H,33,34)/t17-,27+/m0/s1. The molecule has 4 heterocycles. The van der Waals surface area contributed by atoms with Crippen LogP contribution in [-0.4, -0.2) is 58.9 Å². The van der Waals surface area contributed by atoms with Crippen LogP contribution in [0.5, 0.6) is 5.75 Å². The van der Waals surface area contributed by atoms with Gasteiger partial charge in [-0.25, -0.2) is 15.0 Å². The molecule has 1 spiro atoms. The third kappa shape index (κ3) is 4.84. The average molecular weight is 551 g/mol. The second kappa shape index (κ2) is 10.4.